The average Bonchev–Trinajstić information content (AvgIpc) is 2.48. The highest BCUT2D eigenvalue weighted by Gasteiger charge is 2.14. The minimum absolute atomic E-state index is 0.857. The van der Waals surface area contributed by atoms with Crippen molar-refractivity contribution in [1.82, 2.24) is 15.3 Å². The second kappa shape index (κ2) is 6.33. The minimum Gasteiger partial charge on any atom is -0.369 e. The van der Waals surface area contributed by atoms with Crippen molar-refractivity contribution in [3.8, 4) is 0 Å². The molecule has 0 saturated carbocycles. The molecule has 0 atom stereocenters. The lowest BCUT2D eigenvalue weighted by Crippen LogP contribution is -2.26. The van der Waals surface area contributed by atoms with Gasteiger partial charge in [-0.1, -0.05) is 28.1 Å². The van der Waals surface area contributed by atoms with E-state index in [4.69, 9.17) is 0 Å². The van der Waals surface area contributed by atoms with Crippen molar-refractivity contribution in [3.63, 3.8) is 0 Å². The van der Waals surface area contributed by atoms with Crippen LogP contribution in [0.25, 0.3) is 0 Å². The van der Waals surface area contributed by atoms with Gasteiger partial charge in [0.2, 0.25) is 0 Å². The molecule has 2 N–H and O–H groups in total. The lowest BCUT2D eigenvalue weighted by Gasteiger charge is -2.19. The van der Waals surface area contributed by atoms with Crippen LogP contribution in [0, 0.1) is 0 Å². The van der Waals surface area contributed by atoms with Crippen LogP contribution < -0.4 is 10.6 Å². The maximum Gasteiger partial charge on any atom is 0.134 e. The number of halogens is 1. The third kappa shape index (κ3) is 3.16. The summed E-state index contributed by atoms with van der Waals surface area (Å²) in [5.41, 5.74) is 3.70. The first-order valence-electron chi connectivity index (χ1n) is 6.85. The highest BCUT2D eigenvalue weighted by Crippen LogP contribution is 2.18. The summed E-state index contributed by atoms with van der Waals surface area (Å²) >= 11 is 3.50. The van der Waals surface area contributed by atoms with Crippen LogP contribution in [0.15, 0.2) is 35.1 Å². The smallest absolute Gasteiger partial charge is 0.134 e. The van der Waals surface area contributed by atoms with Crippen LogP contribution in [0.5, 0.6) is 0 Å². The SMILES string of the molecule is Brc1cccc(CCNc2ncnc3c2CNCC3)c1. The number of fused-ring (bicyclic) bond motifs is 1. The molecular weight excluding hydrogens is 316 g/mol. The monoisotopic (exact) mass is 332 g/mol. The highest BCUT2D eigenvalue weighted by molar-refractivity contribution is 9.10. The maximum atomic E-state index is 4.37. The van der Waals surface area contributed by atoms with Gasteiger partial charge in [0.05, 0.1) is 5.69 Å². The van der Waals surface area contributed by atoms with Gasteiger partial charge in [-0.2, -0.15) is 0 Å². The van der Waals surface area contributed by atoms with E-state index in [0.29, 0.717) is 0 Å². The fourth-order valence-electron chi connectivity index (χ4n) is 2.44. The molecule has 3 rings (SSSR count). The number of hydrogen-bond acceptors (Lipinski definition) is 4. The van der Waals surface area contributed by atoms with Gasteiger partial charge >= 0.3 is 0 Å². The summed E-state index contributed by atoms with van der Waals surface area (Å²) < 4.78 is 1.12. The molecule has 0 fully saturated rings. The Morgan fingerprint density at radius 3 is 3.15 bits per heavy atom. The molecule has 0 radical (unpaired) electrons. The Bertz CT molecular complexity index is 600. The van der Waals surface area contributed by atoms with Crippen molar-refractivity contribution in [2.45, 2.75) is 19.4 Å². The molecule has 20 heavy (non-hydrogen) atoms. The molecule has 2 aromatic rings. The lowest BCUT2D eigenvalue weighted by atomic mass is 10.1. The molecule has 4 nitrogen and oxygen atoms in total. The summed E-state index contributed by atoms with van der Waals surface area (Å²) in [4.78, 5) is 8.73. The summed E-state index contributed by atoms with van der Waals surface area (Å²) in [6, 6.07) is 8.40. The van der Waals surface area contributed by atoms with Crippen molar-refractivity contribution >= 4 is 21.7 Å². The molecule has 1 aliphatic rings. The Kier molecular flexibility index (Phi) is 4.28. The summed E-state index contributed by atoms with van der Waals surface area (Å²) in [5.74, 6) is 0.970. The summed E-state index contributed by atoms with van der Waals surface area (Å²) in [6.45, 7) is 2.73. The van der Waals surface area contributed by atoms with E-state index < -0.39 is 0 Å². The van der Waals surface area contributed by atoms with Crippen molar-refractivity contribution in [1.29, 1.82) is 0 Å². The summed E-state index contributed by atoms with van der Waals surface area (Å²) in [6.07, 6.45) is 3.62. The molecule has 0 unspecified atom stereocenters. The molecular formula is C15H17BrN4. The normalized spacial score (nSPS) is 13.8. The van der Waals surface area contributed by atoms with Gasteiger partial charge in [-0.25, -0.2) is 9.97 Å². The van der Waals surface area contributed by atoms with E-state index in [1.54, 1.807) is 6.33 Å². The van der Waals surface area contributed by atoms with E-state index in [-0.39, 0.29) is 0 Å². The number of nitrogens with one attached hydrogen (secondary N) is 2. The second-order valence-electron chi connectivity index (χ2n) is 4.88. The predicted octanol–water partition coefficient (Wildman–Crippen LogP) is 2.54. The van der Waals surface area contributed by atoms with Crippen LogP contribution in [0.4, 0.5) is 5.82 Å². The average molecular weight is 333 g/mol. The highest BCUT2D eigenvalue weighted by atomic mass is 79.9. The van der Waals surface area contributed by atoms with Crippen LogP contribution in [-0.4, -0.2) is 23.1 Å². The topological polar surface area (TPSA) is 49.8 Å². The zero-order valence-electron chi connectivity index (χ0n) is 11.2. The maximum absolute atomic E-state index is 4.37. The quantitative estimate of drug-likeness (QED) is 0.903. The van der Waals surface area contributed by atoms with Gasteiger partial charge in [0.25, 0.3) is 0 Å². The van der Waals surface area contributed by atoms with Crippen molar-refractivity contribution in [2.75, 3.05) is 18.4 Å². The molecule has 0 spiro atoms. The molecule has 1 aromatic heterocycles. The van der Waals surface area contributed by atoms with Crippen LogP contribution in [-0.2, 0) is 19.4 Å². The summed E-state index contributed by atoms with van der Waals surface area (Å²) in [5, 5.41) is 6.81. The molecule has 0 saturated heterocycles. The van der Waals surface area contributed by atoms with Crippen LogP contribution in [0.1, 0.15) is 16.8 Å². The Labute approximate surface area is 127 Å². The molecule has 0 amide bonds. The van der Waals surface area contributed by atoms with Gasteiger partial charge in [-0.3, -0.25) is 0 Å². The molecule has 1 aliphatic heterocycles. The molecule has 2 heterocycles. The van der Waals surface area contributed by atoms with Crippen LogP contribution in [0.3, 0.4) is 0 Å². The standard InChI is InChI=1S/C15H17BrN4/c16-12-3-1-2-11(8-12)4-7-18-15-13-9-17-6-5-14(13)19-10-20-15/h1-3,8,10,17H,4-7,9H2,(H,18,19,20). The third-order valence-corrected chi connectivity index (χ3v) is 3.96. The summed E-state index contributed by atoms with van der Waals surface area (Å²) in [7, 11) is 0. The van der Waals surface area contributed by atoms with Gasteiger partial charge in [-0.05, 0) is 24.1 Å². The third-order valence-electron chi connectivity index (χ3n) is 3.47. The number of anilines is 1. The second-order valence-corrected chi connectivity index (χ2v) is 5.80. The van der Waals surface area contributed by atoms with Crippen LogP contribution in [0.2, 0.25) is 0 Å². The van der Waals surface area contributed by atoms with E-state index >= 15 is 0 Å². The lowest BCUT2D eigenvalue weighted by molar-refractivity contribution is 0.627. The number of rotatable bonds is 4. The molecule has 0 bridgehead atoms. The Balaban J connectivity index is 1.64. The predicted molar refractivity (Wildman–Crippen MR) is 83.8 cm³/mol. The van der Waals surface area contributed by atoms with E-state index in [0.717, 1.165) is 42.8 Å². The van der Waals surface area contributed by atoms with Gasteiger partial charge in [0.15, 0.2) is 0 Å². The zero-order valence-corrected chi connectivity index (χ0v) is 12.8. The van der Waals surface area contributed by atoms with E-state index in [2.05, 4.69) is 54.7 Å². The van der Waals surface area contributed by atoms with E-state index in [1.807, 2.05) is 6.07 Å². The van der Waals surface area contributed by atoms with Gasteiger partial charge in [-0.15, -0.1) is 0 Å². The van der Waals surface area contributed by atoms with Crippen molar-refractivity contribution in [3.05, 3.63) is 51.9 Å². The first-order valence-corrected chi connectivity index (χ1v) is 7.64. The largest absolute Gasteiger partial charge is 0.369 e. The van der Waals surface area contributed by atoms with E-state index in [1.165, 1.54) is 16.8 Å². The van der Waals surface area contributed by atoms with Gasteiger partial charge in [0, 0.05) is 36.1 Å². The molecule has 104 valence electrons. The first kappa shape index (κ1) is 13.5. The molecule has 5 heteroatoms. The molecule has 1 aromatic carbocycles. The Morgan fingerprint density at radius 1 is 1.30 bits per heavy atom. The van der Waals surface area contributed by atoms with Crippen molar-refractivity contribution < 1.29 is 0 Å². The van der Waals surface area contributed by atoms with E-state index in [9.17, 15) is 0 Å². The zero-order chi connectivity index (χ0) is 13.8. The fraction of sp³-hybridized carbons (Fsp3) is 0.333. The van der Waals surface area contributed by atoms with Crippen LogP contribution >= 0.6 is 15.9 Å². The number of hydrogen-bond donors (Lipinski definition) is 2. The molecule has 0 aliphatic carbocycles. The van der Waals surface area contributed by atoms with Crippen molar-refractivity contribution in [2.24, 2.45) is 0 Å². The minimum atomic E-state index is 0.857. The Hall–Kier alpha value is -1.46. The van der Waals surface area contributed by atoms with Gasteiger partial charge in [0.1, 0.15) is 12.1 Å². The fourth-order valence-corrected chi connectivity index (χ4v) is 2.89. The first-order chi connectivity index (χ1) is 9.83. The number of nitrogens with zero attached hydrogens (tertiary/aromatic N) is 2. The number of benzene rings is 1. The van der Waals surface area contributed by atoms with Gasteiger partial charge < -0.3 is 10.6 Å². The number of aromatic nitrogens is 2. The Morgan fingerprint density at radius 2 is 2.25 bits per heavy atom.